The zero-order valence-electron chi connectivity index (χ0n) is 4.37. The lowest BCUT2D eigenvalue weighted by molar-refractivity contribution is 0.382. The Balaban J connectivity index is 3.46. The fraction of sp³-hybridized carbons (Fsp3) is 0.250. The first-order valence-electron chi connectivity index (χ1n) is 2.04. The van der Waals surface area contributed by atoms with Crippen LogP contribution in [-0.4, -0.2) is 21.8 Å². The third-order valence-corrected chi connectivity index (χ3v) is 0.806. The summed E-state index contributed by atoms with van der Waals surface area (Å²) in [6, 6.07) is 0. The van der Waals surface area contributed by atoms with E-state index in [0.717, 1.165) is 5.01 Å². The maximum absolute atomic E-state index is 8.44. The number of hydrogen-bond donors (Lipinski definition) is 2. The van der Waals surface area contributed by atoms with Crippen LogP contribution in [0.1, 0.15) is 0 Å². The summed E-state index contributed by atoms with van der Waals surface area (Å²) in [6.07, 6.45) is 1.54. The van der Waals surface area contributed by atoms with Crippen molar-refractivity contribution in [2.45, 2.75) is 0 Å². The van der Waals surface area contributed by atoms with Crippen molar-refractivity contribution in [3.63, 3.8) is 0 Å². The van der Waals surface area contributed by atoms with Gasteiger partial charge in [-0.25, -0.2) is 5.84 Å². The van der Waals surface area contributed by atoms with E-state index in [1.807, 2.05) is 0 Å². The molecule has 0 bridgehead atoms. The normalized spacial score (nSPS) is 8.12. The Kier molecular flexibility index (Phi) is 3.14. The average Bonchev–Trinajstić information content (AvgIpc) is 1.67. The highest BCUT2D eigenvalue weighted by Gasteiger charge is 1.95. The van der Waals surface area contributed by atoms with Crippen molar-refractivity contribution < 1.29 is 5.11 Å². The molecule has 0 spiro atoms. The van der Waals surface area contributed by atoms with Crippen LogP contribution in [0.2, 0.25) is 0 Å². The minimum atomic E-state index is -0.315. The quantitative estimate of drug-likeness (QED) is 0.244. The molecule has 0 radical (unpaired) electrons. The molecule has 4 heteroatoms. The molecule has 8 heavy (non-hydrogen) atoms. The number of hydrazine groups is 1. The second kappa shape index (κ2) is 3.40. The third kappa shape index (κ3) is 2.54. The van der Waals surface area contributed by atoms with E-state index in [9.17, 15) is 0 Å². The van der Waals surface area contributed by atoms with Crippen LogP contribution in [-0.2, 0) is 0 Å². The number of nitrogens with two attached hydrogens (primary N) is 1. The van der Waals surface area contributed by atoms with Gasteiger partial charge < -0.3 is 5.11 Å². The topological polar surface area (TPSA) is 49.5 Å². The lowest BCUT2D eigenvalue weighted by atomic mass is 10.6. The van der Waals surface area contributed by atoms with Crippen LogP contribution in [0, 0.1) is 0 Å². The molecular weight excluding hydrogens is 124 g/mol. The molecule has 0 aromatic carbocycles. The summed E-state index contributed by atoms with van der Waals surface area (Å²) >= 11 is 4.29. The Morgan fingerprint density at radius 2 is 2.50 bits per heavy atom. The molecule has 0 aliphatic heterocycles. The van der Waals surface area contributed by atoms with Gasteiger partial charge in [0.2, 0.25) is 0 Å². The number of aliphatic hydroxyl groups is 1. The van der Waals surface area contributed by atoms with Gasteiger partial charge in [0.05, 0.1) is 6.54 Å². The van der Waals surface area contributed by atoms with E-state index in [2.05, 4.69) is 18.8 Å². The summed E-state index contributed by atoms with van der Waals surface area (Å²) in [5.41, 5.74) is 0. The second-order valence-electron chi connectivity index (χ2n) is 1.22. The van der Waals surface area contributed by atoms with Crippen molar-refractivity contribution in [2.75, 3.05) is 6.54 Å². The van der Waals surface area contributed by atoms with Gasteiger partial charge in [0.25, 0.3) is 5.17 Å². The summed E-state index contributed by atoms with van der Waals surface area (Å²) in [6.45, 7) is 3.76. The highest BCUT2D eigenvalue weighted by Crippen LogP contribution is 1.77. The molecule has 3 N–H and O–H groups in total. The minimum Gasteiger partial charge on any atom is -0.486 e. The van der Waals surface area contributed by atoms with E-state index >= 15 is 0 Å². The Bertz CT molecular complexity index is 104. The molecule has 0 aromatic rings. The second-order valence-corrected chi connectivity index (χ2v) is 1.59. The van der Waals surface area contributed by atoms with Crippen LogP contribution in [0.3, 0.4) is 0 Å². The molecule has 0 unspecified atom stereocenters. The summed E-state index contributed by atoms with van der Waals surface area (Å²) in [4.78, 5) is 0. The van der Waals surface area contributed by atoms with Crippen molar-refractivity contribution in [3.8, 4) is 0 Å². The van der Waals surface area contributed by atoms with Crippen molar-refractivity contribution in [1.29, 1.82) is 0 Å². The lowest BCUT2D eigenvalue weighted by Crippen LogP contribution is -2.35. The average molecular weight is 132 g/mol. The summed E-state index contributed by atoms with van der Waals surface area (Å²) in [5, 5.41) is 9.14. The van der Waals surface area contributed by atoms with Crippen LogP contribution in [0.5, 0.6) is 0 Å². The first kappa shape index (κ1) is 7.39. The Morgan fingerprint density at radius 1 is 2.00 bits per heavy atom. The maximum Gasteiger partial charge on any atom is 0.271 e. The first-order valence-corrected chi connectivity index (χ1v) is 2.45. The molecule has 0 atom stereocenters. The SMILES string of the molecule is C=CCN(N)C(O)=S. The molecule has 0 aliphatic carbocycles. The Hall–Kier alpha value is -0.610. The van der Waals surface area contributed by atoms with Gasteiger partial charge in [-0.3, -0.25) is 5.01 Å². The van der Waals surface area contributed by atoms with Crippen LogP contribution >= 0.6 is 12.2 Å². The molecule has 3 nitrogen and oxygen atoms in total. The molecule has 0 heterocycles. The van der Waals surface area contributed by atoms with E-state index in [4.69, 9.17) is 10.9 Å². The zero-order chi connectivity index (χ0) is 6.57. The molecule has 0 aliphatic rings. The van der Waals surface area contributed by atoms with Gasteiger partial charge in [-0.05, 0) is 12.2 Å². The van der Waals surface area contributed by atoms with Crippen molar-refractivity contribution in [2.24, 2.45) is 5.84 Å². The number of nitrogens with zero attached hydrogens (tertiary/aromatic N) is 1. The molecule has 0 saturated carbocycles. The van der Waals surface area contributed by atoms with Gasteiger partial charge in [-0.15, -0.1) is 6.58 Å². The smallest absolute Gasteiger partial charge is 0.271 e. The lowest BCUT2D eigenvalue weighted by Gasteiger charge is -2.10. The predicted octanol–water partition coefficient (Wildman–Crippen LogP) is 0.191. The van der Waals surface area contributed by atoms with Gasteiger partial charge in [0.1, 0.15) is 0 Å². The monoisotopic (exact) mass is 132 g/mol. The summed E-state index contributed by atoms with van der Waals surface area (Å²) in [7, 11) is 0. The number of hydrogen-bond acceptors (Lipinski definition) is 2. The molecule has 0 rings (SSSR count). The van der Waals surface area contributed by atoms with Gasteiger partial charge in [-0.1, -0.05) is 6.08 Å². The van der Waals surface area contributed by atoms with E-state index in [-0.39, 0.29) is 5.17 Å². The maximum atomic E-state index is 8.44. The van der Waals surface area contributed by atoms with E-state index < -0.39 is 0 Å². The predicted molar refractivity (Wildman–Crippen MR) is 36.3 cm³/mol. The van der Waals surface area contributed by atoms with Crippen LogP contribution in [0.25, 0.3) is 0 Å². The van der Waals surface area contributed by atoms with Crippen molar-refractivity contribution in [3.05, 3.63) is 12.7 Å². The molecular formula is C4H8N2OS. The van der Waals surface area contributed by atoms with E-state index in [1.165, 1.54) is 0 Å². The van der Waals surface area contributed by atoms with Crippen LogP contribution < -0.4 is 5.84 Å². The van der Waals surface area contributed by atoms with Crippen LogP contribution in [0.4, 0.5) is 0 Å². The van der Waals surface area contributed by atoms with E-state index in [1.54, 1.807) is 6.08 Å². The fourth-order valence-corrected chi connectivity index (χ4v) is 0.292. The van der Waals surface area contributed by atoms with Crippen molar-refractivity contribution in [1.82, 2.24) is 5.01 Å². The Labute approximate surface area is 53.4 Å². The highest BCUT2D eigenvalue weighted by molar-refractivity contribution is 7.79. The fourth-order valence-electron chi connectivity index (χ4n) is 0.217. The largest absolute Gasteiger partial charge is 0.486 e. The summed E-state index contributed by atoms with van der Waals surface area (Å²) in [5.74, 6) is 5.10. The number of rotatable bonds is 2. The van der Waals surface area contributed by atoms with Gasteiger partial charge in [0, 0.05) is 0 Å². The Morgan fingerprint density at radius 3 is 2.62 bits per heavy atom. The van der Waals surface area contributed by atoms with Crippen molar-refractivity contribution >= 4 is 17.4 Å². The molecule has 0 aromatic heterocycles. The van der Waals surface area contributed by atoms with E-state index in [0.29, 0.717) is 6.54 Å². The number of thiocarbonyl (C=S) groups is 1. The highest BCUT2D eigenvalue weighted by atomic mass is 32.1. The first-order chi connectivity index (χ1) is 3.68. The van der Waals surface area contributed by atoms with Gasteiger partial charge in [-0.2, -0.15) is 0 Å². The zero-order valence-corrected chi connectivity index (χ0v) is 5.19. The third-order valence-electron chi connectivity index (χ3n) is 0.571. The summed E-state index contributed by atoms with van der Waals surface area (Å²) < 4.78 is 0. The van der Waals surface area contributed by atoms with Gasteiger partial charge in [0.15, 0.2) is 0 Å². The number of aliphatic hydroxyl groups excluding tert-OH is 1. The molecule has 46 valence electrons. The standard InChI is InChI=1S/C4H8N2OS/c1-2-3-6(5)4(7)8/h2H,1,3,5H2,(H,7,8). The molecule has 0 fully saturated rings. The minimum absolute atomic E-state index is 0.315. The van der Waals surface area contributed by atoms with Gasteiger partial charge >= 0.3 is 0 Å². The van der Waals surface area contributed by atoms with Crippen LogP contribution in [0.15, 0.2) is 12.7 Å². The molecule has 0 amide bonds. The molecule has 0 saturated heterocycles.